The molecule has 2 N–H and O–H groups in total. The molecular formula is C12H17BrN2O2S2. The second-order valence-electron chi connectivity index (χ2n) is 5.30. The van der Waals surface area contributed by atoms with Crippen molar-refractivity contribution in [2.45, 2.75) is 43.2 Å². The minimum atomic E-state index is -3.36. The first-order chi connectivity index (χ1) is 9.04. The molecule has 0 saturated heterocycles. The Morgan fingerprint density at radius 2 is 2.05 bits per heavy atom. The molecule has 0 amide bonds. The van der Waals surface area contributed by atoms with E-state index in [-0.39, 0.29) is 0 Å². The van der Waals surface area contributed by atoms with E-state index in [2.05, 4.69) is 26.0 Å². The highest BCUT2D eigenvalue weighted by molar-refractivity contribution is 9.11. The van der Waals surface area contributed by atoms with Crippen molar-refractivity contribution < 1.29 is 8.42 Å². The molecule has 2 saturated carbocycles. The van der Waals surface area contributed by atoms with Crippen molar-refractivity contribution in [3.8, 4) is 0 Å². The molecule has 3 rings (SSSR count). The largest absolute Gasteiger partial charge is 0.309 e. The van der Waals surface area contributed by atoms with E-state index in [0.29, 0.717) is 27.2 Å². The maximum Gasteiger partial charge on any atom is 0.242 e. The molecule has 0 radical (unpaired) electrons. The standard InChI is InChI=1S/C12H17BrN2O2S2/c13-12-11(19(16,17)15-6-8-1-2-8)5-10(18-12)7-14-9-3-4-9/h5,8-9,14-15H,1-4,6-7H2. The molecule has 0 bridgehead atoms. The average Bonchev–Trinajstić information content (AvgIpc) is 3.24. The molecule has 106 valence electrons. The number of nitrogens with one attached hydrogen (secondary N) is 2. The van der Waals surface area contributed by atoms with E-state index >= 15 is 0 Å². The molecule has 7 heteroatoms. The van der Waals surface area contributed by atoms with Crippen LogP contribution in [0.5, 0.6) is 0 Å². The first-order valence-corrected chi connectivity index (χ1v) is 9.65. The van der Waals surface area contributed by atoms with E-state index in [9.17, 15) is 8.42 Å². The monoisotopic (exact) mass is 364 g/mol. The third-order valence-corrected chi connectivity index (χ3v) is 7.07. The first-order valence-electron chi connectivity index (χ1n) is 6.56. The number of sulfonamides is 1. The van der Waals surface area contributed by atoms with E-state index in [4.69, 9.17) is 0 Å². The zero-order valence-corrected chi connectivity index (χ0v) is 13.7. The Hall–Kier alpha value is 0.0500. The number of thiophene rings is 1. The van der Waals surface area contributed by atoms with Gasteiger partial charge in [-0.3, -0.25) is 0 Å². The van der Waals surface area contributed by atoms with Crippen LogP contribution in [0.25, 0.3) is 0 Å². The van der Waals surface area contributed by atoms with Crippen molar-refractivity contribution in [1.29, 1.82) is 0 Å². The van der Waals surface area contributed by atoms with Gasteiger partial charge in [-0.2, -0.15) is 0 Å². The quantitative estimate of drug-likeness (QED) is 0.781. The lowest BCUT2D eigenvalue weighted by atomic mass is 10.4. The molecule has 1 aromatic rings. The van der Waals surface area contributed by atoms with Crippen LogP contribution < -0.4 is 10.0 Å². The van der Waals surface area contributed by atoms with E-state index in [1.165, 1.54) is 24.2 Å². The fourth-order valence-electron chi connectivity index (χ4n) is 1.83. The number of halogens is 1. The Kier molecular flexibility index (Phi) is 4.01. The summed E-state index contributed by atoms with van der Waals surface area (Å²) in [6, 6.07) is 2.41. The smallest absolute Gasteiger partial charge is 0.242 e. The van der Waals surface area contributed by atoms with Gasteiger partial charge in [-0.25, -0.2) is 13.1 Å². The van der Waals surface area contributed by atoms with Gasteiger partial charge in [0.2, 0.25) is 10.0 Å². The van der Waals surface area contributed by atoms with E-state index in [1.807, 2.05) is 0 Å². The molecule has 1 heterocycles. The summed E-state index contributed by atoms with van der Waals surface area (Å²) in [6.45, 7) is 1.33. The zero-order chi connectivity index (χ0) is 13.5. The summed E-state index contributed by atoms with van der Waals surface area (Å²) in [4.78, 5) is 1.44. The summed E-state index contributed by atoms with van der Waals surface area (Å²) in [7, 11) is -3.36. The fraction of sp³-hybridized carbons (Fsp3) is 0.667. The molecule has 0 atom stereocenters. The molecule has 0 aliphatic heterocycles. The van der Waals surface area contributed by atoms with Gasteiger partial charge in [-0.1, -0.05) is 0 Å². The lowest BCUT2D eigenvalue weighted by Gasteiger charge is -2.04. The van der Waals surface area contributed by atoms with Crippen LogP contribution >= 0.6 is 27.3 Å². The van der Waals surface area contributed by atoms with Crippen LogP contribution in [-0.4, -0.2) is 21.0 Å². The lowest BCUT2D eigenvalue weighted by Crippen LogP contribution is -2.25. The van der Waals surface area contributed by atoms with E-state index in [0.717, 1.165) is 24.3 Å². The van der Waals surface area contributed by atoms with Gasteiger partial charge in [0, 0.05) is 24.0 Å². The van der Waals surface area contributed by atoms with Crippen LogP contribution in [0.3, 0.4) is 0 Å². The third kappa shape index (κ3) is 3.78. The molecule has 0 spiro atoms. The Morgan fingerprint density at radius 1 is 1.32 bits per heavy atom. The van der Waals surface area contributed by atoms with Crippen LogP contribution in [0, 0.1) is 5.92 Å². The second kappa shape index (κ2) is 5.44. The normalized spacial score (nSPS) is 19.8. The van der Waals surface area contributed by atoms with Gasteiger partial charge in [0.25, 0.3) is 0 Å². The van der Waals surface area contributed by atoms with Gasteiger partial charge < -0.3 is 5.32 Å². The van der Waals surface area contributed by atoms with Crippen molar-refractivity contribution in [1.82, 2.24) is 10.0 Å². The van der Waals surface area contributed by atoms with Gasteiger partial charge in [0.15, 0.2) is 0 Å². The van der Waals surface area contributed by atoms with Crippen molar-refractivity contribution >= 4 is 37.3 Å². The predicted molar refractivity (Wildman–Crippen MR) is 79.8 cm³/mol. The highest BCUT2D eigenvalue weighted by Crippen LogP contribution is 2.33. The third-order valence-electron chi connectivity index (χ3n) is 3.40. The van der Waals surface area contributed by atoms with E-state index < -0.39 is 10.0 Å². The van der Waals surface area contributed by atoms with Gasteiger partial charge in [0.05, 0.1) is 3.79 Å². The molecule has 1 aromatic heterocycles. The van der Waals surface area contributed by atoms with Crippen LogP contribution in [0.1, 0.15) is 30.6 Å². The van der Waals surface area contributed by atoms with E-state index in [1.54, 1.807) is 6.07 Å². The number of hydrogen-bond donors (Lipinski definition) is 2. The summed E-state index contributed by atoms with van der Waals surface area (Å²) < 4.78 is 27.8. The highest BCUT2D eigenvalue weighted by atomic mass is 79.9. The molecular weight excluding hydrogens is 348 g/mol. The maximum absolute atomic E-state index is 12.2. The zero-order valence-electron chi connectivity index (χ0n) is 10.5. The molecule has 19 heavy (non-hydrogen) atoms. The van der Waals surface area contributed by atoms with Gasteiger partial charge in [0.1, 0.15) is 4.90 Å². The average molecular weight is 365 g/mol. The highest BCUT2D eigenvalue weighted by Gasteiger charge is 2.27. The summed E-state index contributed by atoms with van der Waals surface area (Å²) in [5.41, 5.74) is 0. The Labute approximate surface area is 126 Å². The Bertz CT molecular complexity index is 562. The van der Waals surface area contributed by atoms with Gasteiger partial charge in [-0.15, -0.1) is 11.3 Å². The lowest BCUT2D eigenvalue weighted by molar-refractivity contribution is 0.577. The van der Waals surface area contributed by atoms with Crippen LogP contribution in [0.15, 0.2) is 14.7 Å². The second-order valence-corrected chi connectivity index (χ2v) is 9.49. The molecule has 2 fully saturated rings. The summed E-state index contributed by atoms with van der Waals surface area (Å²) in [5.74, 6) is 0.545. The van der Waals surface area contributed by atoms with Crippen molar-refractivity contribution in [3.63, 3.8) is 0 Å². The predicted octanol–water partition coefficient (Wildman–Crippen LogP) is 2.45. The first kappa shape index (κ1) is 14.0. The van der Waals surface area contributed by atoms with Gasteiger partial charge in [-0.05, 0) is 53.6 Å². The molecule has 0 aromatic carbocycles. The van der Waals surface area contributed by atoms with Gasteiger partial charge >= 0.3 is 0 Å². The molecule has 0 unspecified atom stereocenters. The Balaban J connectivity index is 1.67. The maximum atomic E-state index is 12.2. The van der Waals surface area contributed by atoms with Crippen LogP contribution in [0.4, 0.5) is 0 Å². The number of rotatable bonds is 7. The SMILES string of the molecule is O=S(=O)(NCC1CC1)c1cc(CNC2CC2)sc1Br. The summed E-state index contributed by atoms with van der Waals surface area (Å²) in [6.07, 6.45) is 4.76. The minimum absolute atomic E-state index is 0.380. The summed E-state index contributed by atoms with van der Waals surface area (Å²) >= 11 is 4.87. The molecule has 2 aliphatic carbocycles. The van der Waals surface area contributed by atoms with Crippen LogP contribution in [0.2, 0.25) is 0 Å². The summed E-state index contributed by atoms with van der Waals surface area (Å²) in [5, 5.41) is 3.40. The molecule has 4 nitrogen and oxygen atoms in total. The molecule has 2 aliphatic rings. The van der Waals surface area contributed by atoms with Crippen molar-refractivity contribution in [2.75, 3.05) is 6.54 Å². The number of hydrogen-bond acceptors (Lipinski definition) is 4. The Morgan fingerprint density at radius 3 is 2.68 bits per heavy atom. The minimum Gasteiger partial charge on any atom is -0.309 e. The van der Waals surface area contributed by atoms with Crippen molar-refractivity contribution in [3.05, 3.63) is 14.7 Å². The fourth-order valence-corrected chi connectivity index (χ4v) is 5.58. The topological polar surface area (TPSA) is 58.2 Å². The van der Waals surface area contributed by atoms with Crippen LogP contribution in [-0.2, 0) is 16.6 Å². The van der Waals surface area contributed by atoms with Crippen molar-refractivity contribution in [2.24, 2.45) is 5.92 Å².